The Kier molecular flexibility index (Phi) is 3.94. The second kappa shape index (κ2) is 5.69. The van der Waals surface area contributed by atoms with Gasteiger partial charge >= 0.3 is 0 Å². The Balaban J connectivity index is 2.15. The lowest BCUT2D eigenvalue weighted by atomic mass is 9.88. The Hall–Kier alpha value is -2.23. The summed E-state index contributed by atoms with van der Waals surface area (Å²) in [6.45, 7) is 13.1. The van der Waals surface area contributed by atoms with Crippen LogP contribution in [0, 0.1) is 5.41 Å². The third kappa shape index (κ3) is 3.32. The number of hydrogen-bond acceptors (Lipinski definition) is 4. The minimum atomic E-state index is -0.127. The average molecular weight is 323 g/mol. The summed E-state index contributed by atoms with van der Waals surface area (Å²) < 4.78 is 6.07. The van der Waals surface area contributed by atoms with Gasteiger partial charge < -0.3 is 4.42 Å². The number of benzene rings is 1. The zero-order valence-electron chi connectivity index (χ0n) is 15.3. The van der Waals surface area contributed by atoms with Gasteiger partial charge in [-0.1, -0.05) is 53.7 Å². The van der Waals surface area contributed by atoms with Crippen molar-refractivity contribution in [3.05, 3.63) is 41.7 Å². The van der Waals surface area contributed by atoms with Crippen LogP contribution in [0.3, 0.4) is 0 Å². The maximum absolute atomic E-state index is 6.07. The molecular weight excluding hydrogens is 298 g/mol. The van der Waals surface area contributed by atoms with Crippen LogP contribution in [0.15, 0.2) is 34.9 Å². The SMILES string of the molecule is CC(C)(C)Cc1cccc2oc(-c3ccnnc3C(C)(C)C)nc12. The molecule has 0 aliphatic heterocycles. The van der Waals surface area contributed by atoms with Crippen molar-refractivity contribution in [1.82, 2.24) is 15.2 Å². The van der Waals surface area contributed by atoms with E-state index < -0.39 is 0 Å². The van der Waals surface area contributed by atoms with Crippen LogP contribution in [-0.2, 0) is 11.8 Å². The van der Waals surface area contributed by atoms with Crippen molar-refractivity contribution in [2.75, 3.05) is 0 Å². The highest BCUT2D eigenvalue weighted by molar-refractivity contribution is 5.80. The number of aromatic nitrogens is 3. The van der Waals surface area contributed by atoms with Gasteiger partial charge in [-0.2, -0.15) is 10.2 Å². The average Bonchev–Trinajstić information content (AvgIpc) is 2.90. The monoisotopic (exact) mass is 323 g/mol. The van der Waals surface area contributed by atoms with Gasteiger partial charge in [-0.25, -0.2) is 4.98 Å². The first-order valence-corrected chi connectivity index (χ1v) is 8.36. The van der Waals surface area contributed by atoms with Crippen molar-refractivity contribution in [2.24, 2.45) is 5.41 Å². The van der Waals surface area contributed by atoms with E-state index in [1.807, 2.05) is 18.2 Å². The van der Waals surface area contributed by atoms with Gasteiger partial charge in [0.2, 0.25) is 5.89 Å². The predicted octanol–water partition coefficient (Wildman–Crippen LogP) is 5.17. The van der Waals surface area contributed by atoms with Crippen LogP contribution in [-0.4, -0.2) is 15.2 Å². The molecular formula is C20H25N3O. The Bertz CT molecular complexity index is 866. The minimum Gasteiger partial charge on any atom is -0.436 e. The van der Waals surface area contributed by atoms with E-state index in [1.165, 1.54) is 5.56 Å². The van der Waals surface area contributed by atoms with Crippen molar-refractivity contribution in [2.45, 2.75) is 53.4 Å². The number of para-hydroxylation sites is 1. The fourth-order valence-corrected chi connectivity index (χ4v) is 2.89. The van der Waals surface area contributed by atoms with Gasteiger partial charge in [0.05, 0.1) is 17.5 Å². The summed E-state index contributed by atoms with van der Waals surface area (Å²) in [5.41, 5.74) is 4.86. The smallest absolute Gasteiger partial charge is 0.229 e. The van der Waals surface area contributed by atoms with E-state index in [1.54, 1.807) is 6.20 Å². The lowest BCUT2D eigenvalue weighted by molar-refractivity contribution is 0.412. The summed E-state index contributed by atoms with van der Waals surface area (Å²) in [5, 5.41) is 8.37. The van der Waals surface area contributed by atoms with E-state index in [9.17, 15) is 0 Å². The van der Waals surface area contributed by atoms with Crippen LogP contribution >= 0.6 is 0 Å². The van der Waals surface area contributed by atoms with Gasteiger partial charge in [-0.15, -0.1) is 0 Å². The number of oxazole rings is 1. The number of rotatable bonds is 2. The molecule has 2 heterocycles. The first kappa shape index (κ1) is 16.6. The van der Waals surface area contributed by atoms with Gasteiger partial charge in [0, 0.05) is 5.41 Å². The van der Waals surface area contributed by atoms with E-state index >= 15 is 0 Å². The van der Waals surface area contributed by atoms with Crippen molar-refractivity contribution in [3.63, 3.8) is 0 Å². The molecule has 0 saturated heterocycles. The highest BCUT2D eigenvalue weighted by Gasteiger charge is 2.24. The lowest BCUT2D eigenvalue weighted by Gasteiger charge is -2.18. The van der Waals surface area contributed by atoms with Crippen LogP contribution in [0.1, 0.15) is 52.8 Å². The van der Waals surface area contributed by atoms with Crippen LogP contribution < -0.4 is 0 Å². The topological polar surface area (TPSA) is 51.8 Å². The Labute approximate surface area is 143 Å². The molecule has 24 heavy (non-hydrogen) atoms. The van der Waals surface area contributed by atoms with Crippen molar-refractivity contribution in [3.8, 4) is 11.5 Å². The fourth-order valence-electron chi connectivity index (χ4n) is 2.89. The fraction of sp³-hybridized carbons (Fsp3) is 0.450. The number of hydrogen-bond donors (Lipinski definition) is 0. The molecule has 4 nitrogen and oxygen atoms in total. The van der Waals surface area contributed by atoms with E-state index in [2.05, 4.69) is 57.8 Å². The lowest BCUT2D eigenvalue weighted by Crippen LogP contribution is -2.15. The highest BCUT2D eigenvalue weighted by atomic mass is 16.3. The molecule has 0 atom stereocenters. The Morgan fingerprint density at radius 2 is 1.75 bits per heavy atom. The van der Waals surface area contributed by atoms with Gasteiger partial charge in [-0.05, 0) is 29.5 Å². The largest absolute Gasteiger partial charge is 0.436 e. The summed E-state index contributed by atoms with van der Waals surface area (Å²) in [7, 11) is 0. The van der Waals surface area contributed by atoms with Gasteiger partial charge in [0.15, 0.2) is 5.58 Å². The molecule has 4 heteroatoms. The molecule has 2 aromatic heterocycles. The zero-order chi connectivity index (χ0) is 17.5. The molecule has 0 aliphatic rings. The van der Waals surface area contributed by atoms with Crippen LogP contribution in [0.25, 0.3) is 22.6 Å². The quantitative estimate of drug-likeness (QED) is 0.653. The maximum atomic E-state index is 6.07. The van der Waals surface area contributed by atoms with Crippen LogP contribution in [0.5, 0.6) is 0 Å². The molecule has 0 spiro atoms. The van der Waals surface area contributed by atoms with E-state index in [4.69, 9.17) is 9.40 Å². The molecule has 0 fully saturated rings. The molecule has 0 saturated carbocycles. The summed E-state index contributed by atoms with van der Waals surface area (Å²) in [6, 6.07) is 8.08. The zero-order valence-corrected chi connectivity index (χ0v) is 15.3. The Morgan fingerprint density at radius 3 is 2.42 bits per heavy atom. The van der Waals surface area contributed by atoms with Crippen molar-refractivity contribution >= 4 is 11.1 Å². The minimum absolute atomic E-state index is 0.127. The summed E-state index contributed by atoms with van der Waals surface area (Å²) in [6.07, 6.45) is 2.65. The summed E-state index contributed by atoms with van der Waals surface area (Å²) in [4.78, 5) is 4.81. The first-order valence-electron chi connectivity index (χ1n) is 8.36. The molecule has 0 bridgehead atoms. The van der Waals surface area contributed by atoms with Gasteiger partial charge in [0.25, 0.3) is 0 Å². The second-order valence-corrected chi connectivity index (χ2v) is 8.56. The molecule has 1 aromatic carbocycles. The maximum Gasteiger partial charge on any atom is 0.229 e. The van der Waals surface area contributed by atoms with Gasteiger partial charge in [0.1, 0.15) is 5.52 Å². The number of nitrogens with zero attached hydrogens (tertiary/aromatic N) is 3. The third-order valence-corrected chi connectivity index (χ3v) is 3.88. The molecule has 0 N–H and O–H groups in total. The van der Waals surface area contributed by atoms with Crippen LogP contribution in [0.2, 0.25) is 0 Å². The standard InChI is InChI=1S/C20H25N3O/c1-19(2,3)12-13-8-7-9-15-16(13)22-18(24-15)14-10-11-21-23-17(14)20(4,5)6/h7-11H,12H2,1-6H3. The normalized spacial score (nSPS) is 12.8. The molecule has 3 rings (SSSR count). The molecule has 0 aliphatic carbocycles. The molecule has 0 radical (unpaired) electrons. The molecule has 0 amide bonds. The predicted molar refractivity (Wildman–Crippen MR) is 96.9 cm³/mol. The second-order valence-electron chi connectivity index (χ2n) is 8.56. The van der Waals surface area contributed by atoms with E-state index in [0.29, 0.717) is 5.89 Å². The molecule has 3 aromatic rings. The molecule has 126 valence electrons. The van der Waals surface area contributed by atoms with Gasteiger partial charge in [-0.3, -0.25) is 0 Å². The highest BCUT2D eigenvalue weighted by Crippen LogP contribution is 2.34. The third-order valence-electron chi connectivity index (χ3n) is 3.88. The summed E-state index contributed by atoms with van der Waals surface area (Å²) >= 11 is 0. The molecule has 0 unspecified atom stereocenters. The van der Waals surface area contributed by atoms with E-state index in [0.717, 1.165) is 28.8 Å². The van der Waals surface area contributed by atoms with E-state index in [-0.39, 0.29) is 10.8 Å². The first-order chi connectivity index (χ1) is 11.1. The number of fused-ring (bicyclic) bond motifs is 1. The van der Waals surface area contributed by atoms with Crippen molar-refractivity contribution in [1.29, 1.82) is 0 Å². The van der Waals surface area contributed by atoms with Crippen LogP contribution in [0.4, 0.5) is 0 Å². The summed E-state index contributed by atoms with van der Waals surface area (Å²) in [5.74, 6) is 0.617. The van der Waals surface area contributed by atoms with Crippen molar-refractivity contribution < 1.29 is 4.42 Å². The Morgan fingerprint density at radius 1 is 1.00 bits per heavy atom.